The topological polar surface area (TPSA) is 104 Å². The molecule has 4 aromatic rings. The molecular weight excluding hydrogens is 511 g/mol. The van der Waals surface area contributed by atoms with E-state index in [1.165, 1.54) is 4.90 Å². The summed E-state index contributed by atoms with van der Waals surface area (Å²) in [5.74, 6) is 1.02. The average Bonchev–Trinajstić information content (AvgIpc) is 3.50. The van der Waals surface area contributed by atoms with E-state index in [0.29, 0.717) is 44.3 Å². The van der Waals surface area contributed by atoms with Crippen LogP contribution in [0.5, 0.6) is 0 Å². The first-order chi connectivity index (χ1) is 18.6. The van der Waals surface area contributed by atoms with E-state index in [1.807, 2.05) is 30.3 Å². The number of piperazine rings is 1. The summed E-state index contributed by atoms with van der Waals surface area (Å²) in [7, 11) is 0. The lowest BCUT2D eigenvalue weighted by molar-refractivity contribution is -0.199. The van der Waals surface area contributed by atoms with Crippen molar-refractivity contribution in [2.45, 2.75) is 45.3 Å². The molecule has 204 valence electrons. The molecule has 1 aliphatic heterocycles. The fraction of sp³-hybridized carbons (Fsp3) is 0.444. The number of rotatable bonds is 6. The number of carbonyl (C=O) groups excluding carboxylic acids is 1. The lowest BCUT2D eigenvalue weighted by Crippen LogP contribution is -2.53. The number of hydrogen-bond acceptors (Lipinski definition) is 7. The number of benzene rings is 1. The van der Waals surface area contributed by atoms with Gasteiger partial charge in [-0.05, 0) is 62.6 Å². The summed E-state index contributed by atoms with van der Waals surface area (Å²) in [5.41, 5.74) is 2.24. The number of aromatic nitrogens is 5. The van der Waals surface area contributed by atoms with Gasteiger partial charge in [0.25, 0.3) is 5.89 Å². The van der Waals surface area contributed by atoms with Gasteiger partial charge in [0.2, 0.25) is 5.91 Å². The predicted octanol–water partition coefficient (Wildman–Crippen LogP) is 4.45. The zero-order chi connectivity index (χ0) is 27.4. The van der Waals surface area contributed by atoms with E-state index in [1.54, 1.807) is 13.1 Å². The van der Waals surface area contributed by atoms with Gasteiger partial charge in [0.15, 0.2) is 5.82 Å². The lowest BCUT2D eigenvalue weighted by Gasteiger charge is -2.39. The number of nitrogens with zero attached hydrogens (tertiary/aromatic N) is 6. The summed E-state index contributed by atoms with van der Waals surface area (Å²) in [4.78, 5) is 33.0. The number of imidazole rings is 1. The molecule has 1 aliphatic carbocycles. The maximum Gasteiger partial charge on any atom is 0.403 e. The number of pyridine rings is 1. The number of amides is 1. The number of halogens is 3. The van der Waals surface area contributed by atoms with Gasteiger partial charge in [-0.25, -0.2) is 4.98 Å². The van der Waals surface area contributed by atoms with E-state index < -0.39 is 17.5 Å². The van der Waals surface area contributed by atoms with Crippen LogP contribution in [0.25, 0.3) is 22.5 Å². The lowest BCUT2D eigenvalue weighted by atomic mass is 10.0. The van der Waals surface area contributed by atoms with E-state index in [0.717, 1.165) is 33.7 Å². The summed E-state index contributed by atoms with van der Waals surface area (Å²) in [6, 6.07) is 9.73. The molecular formula is C27H28F3N7O2. The summed E-state index contributed by atoms with van der Waals surface area (Å²) in [5, 5.41) is 3.84. The fourth-order valence-corrected chi connectivity index (χ4v) is 5.29. The largest absolute Gasteiger partial charge is 0.403 e. The fourth-order valence-electron chi connectivity index (χ4n) is 5.29. The Morgan fingerprint density at radius 2 is 1.90 bits per heavy atom. The summed E-state index contributed by atoms with van der Waals surface area (Å²) < 4.78 is 45.4. The van der Waals surface area contributed by atoms with Gasteiger partial charge in [0.05, 0.1) is 11.0 Å². The highest BCUT2D eigenvalue weighted by atomic mass is 19.4. The normalized spacial score (nSPS) is 18.4. The minimum absolute atomic E-state index is 0.0256. The Morgan fingerprint density at radius 3 is 2.56 bits per heavy atom. The van der Waals surface area contributed by atoms with Gasteiger partial charge in [0, 0.05) is 56.1 Å². The Labute approximate surface area is 222 Å². The Balaban J connectivity index is 1.11. The first-order valence-electron chi connectivity index (χ1n) is 13.0. The van der Waals surface area contributed by atoms with Gasteiger partial charge in [0.1, 0.15) is 11.2 Å². The molecule has 2 aliphatic rings. The van der Waals surface area contributed by atoms with Crippen molar-refractivity contribution in [2.75, 3.05) is 26.2 Å². The predicted molar refractivity (Wildman–Crippen MR) is 135 cm³/mol. The van der Waals surface area contributed by atoms with Gasteiger partial charge in [-0.1, -0.05) is 5.16 Å². The average molecular weight is 540 g/mol. The third kappa shape index (κ3) is 4.77. The Morgan fingerprint density at radius 1 is 1.13 bits per heavy atom. The van der Waals surface area contributed by atoms with Crippen molar-refractivity contribution in [1.29, 1.82) is 0 Å². The van der Waals surface area contributed by atoms with Crippen molar-refractivity contribution < 1.29 is 22.5 Å². The smallest absolute Gasteiger partial charge is 0.342 e. The minimum Gasteiger partial charge on any atom is -0.342 e. The highest BCUT2D eigenvalue weighted by molar-refractivity contribution is 5.86. The second kappa shape index (κ2) is 9.44. The van der Waals surface area contributed by atoms with Crippen molar-refractivity contribution in [1.82, 2.24) is 34.9 Å². The van der Waals surface area contributed by atoms with Gasteiger partial charge < -0.3 is 14.4 Å². The van der Waals surface area contributed by atoms with Crippen LogP contribution in [-0.4, -0.2) is 73.2 Å². The van der Waals surface area contributed by atoms with E-state index >= 15 is 0 Å². The van der Waals surface area contributed by atoms with Crippen LogP contribution in [0, 0.1) is 12.3 Å². The van der Waals surface area contributed by atoms with Crippen LogP contribution >= 0.6 is 0 Å². The zero-order valence-corrected chi connectivity index (χ0v) is 21.6. The molecule has 9 nitrogen and oxygen atoms in total. The molecule has 1 saturated carbocycles. The van der Waals surface area contributed by atoms with Gasteiger partial charge in [-0.3, -0.25) is 14.7 Å². The highest BCUT2D eigenvalue weighted by Gasteiger charge is 2.69. The summed E-state index contributed by atoms with van der Waals surface area (Å²) in [6.45, 7) is 5.46. The Bertz CT molecular complexity index is 1520. The van der Waals surface area contributed by atoms with Crippen LogP contribution in [0.3, 0.4) is 0 Å². The molecule has 0 bridgehead atoms. The molecule has 4 heterocycles. The highest BCUT2D eigenvalue weighted by Crippen LogP contribution is 2.58. The second-order valence-corrected chi connectivity index (χ2v) is 10.4. The van der Waals surface area contributed by atoms with Crippen LogP contribution in [0.4, 0.5) is 13.2 Å². The molecule has 1 atom stereocenters. The number of aryl methyl sites for hydroxylation is 1. The zero-order valence-electron chi connectivity index (χ0n) is 21.6. The molecule has 12 heteroatoms. The van der Waals surface area contributed by atoms with Crippen molar-refractivity contribution in [2.24, 2.45) is 5.41 Å². The Kier molecular flexibility index (Phi) is 6.17. The van der Waals surface area contributed by atoms with Gasteiger partial charge in [-0.2, -0.15) is 18.2 Å². The molecule has 1 amide bonds. The van der Waals surface area contributed by atoms with E-state index in [2.05, 4.69) is 36.9 Å². The van der Waals surface area contributed by atoms with Crippen molar-refractivity contribution in [3.8, 4) is 11.5 Å². The Hall–Kier alpha value is -3.80. The second-order valence-electron chi connectivity index (χ2n) is 10.4. The molecule has 1 saturated heterocycles. The first kappa shape index (κ1) is 25.5. The quantitative estimate of drug-likeness (QED) is 0.386. The molecule has 1 aromatic carbocycles. The third-order valence-corrected chi connectivity index (χ3v) is 7.83. The molecule has 39 heavy (non-hydrogen) atoms. The van der Waals surface area contributed by atoms with Crippen molar-refractivity contribution in [3.05, 3.63) is 59.4 Å². The van der Waals surface area contributed by atoms with E-state index in [4.69, 9.17) is 4.52 Å². The molecule has 0 spiro atoms. The number of hydrogen-bond donors (Lipinski definition) is 1. The van der Waals surface area contributed by atoms with Gasteiger partial charge >= 0.3 is 6.18 Å². The van der Waals surface area contributed by atoms with Crippen LogP contribution in [0.1, 0.15) is 48.7 Å². The molecule has 6 rings (SSSR count). The molecule has 0 radical (unpaired) electrons. The summed E-state index contributed by atoms with van der Waals surface area (Å²) in [6.07, 6.45) is -2.41. The van der Waals surface area contributed by atoms with Crippen LogP contribution < -0.4 is 0 Å². The summed E-state index contributed by atoms with van der Waals surface area (Å²) >= 11 is 0. The van der Waals surface area contributed by atoms with E-state index in [9.17, 15) is 18.0 Å². The standard InChI is InChI=1S/C27H28F3N7O2/c1-16(36-9-11-37(12-10-36)25(38)26(6-7-26)27(28,29)30)18-5-8-31-20(13-18)15-23-33-21-4-3-19(14-22(21)34-23)24-32-17(2)35-39-24/h3-5,8,13-14,16H,6-7,9-12,15H2,1-2H3,(H,33,34). The third-order valence-electron chi connectivity index (χ3n) is 7.83. The van der Waals surface area contributed by atoms with Crippen molar-refractivity contribution in [3.63, 3.8) is 0 Å². The van der Waals surface area contributed by atoms with Crippen LogP contribution in [0.15, 0.2) is 41.1 Å². The SMILES string of the molecule is Cc1noc(-c2ccc3nc(Cc4cc(C(C)N5CCN(C(=O)C6(C(F)(F)F)CC6)CC5)ccn4)[nH]c3c2)n1. The minimum atomic E-state index is -4.47. The van der Waals surface area contributed by atoms with Crippen LogP contribution in [-0.2, 0) is 11.2 Å². The molecule has 1 unspecified atom stereocenters. The number of carbonyl (C=O) groups is 1. The number of aromatic amines is 1. The maximum absolute atomic E-state index is 13.4. The molecule has 1 N–H and O–H groups in total. The van der Waals surface area contributed by atoms with Gasteiger partial charge in [-0.15, -0.1) is 0 Å². The number of fused-ring (bicyclic) bond motifs is 1. The molecule has 3 aromatic heterocycles. The van der Waals surface area contributed by atoms with E-state index in [-0.39, 0.29) is 18.9 Å². The van der Waals surface area contributed by atoms with Crippen LogP contribution in [0.2, 0.25) is 0 Å². The van der Waals surface area contributed by atoms with Crippen molar-refractivity contribution >= 4 is 16.9 Å². The number of alkyl halides is 3. The monoisotopic (exact) mass is 539 g/mol. The molecule has 2 fully saturated rings. The first-order valence-corrected chi connectivity index (χ1v) is 13.0. The maximum atomic E-state index is 13.4. The number of H-pyrrole nitrogens is 1. The number of nitrogens with one attached hydrogen (secondary N) is 1.